The molecule has 4 nitrogen and oxygen atoms in total. The molecule has 0 aromatic heterocycles. The summed E-state index contributed by atoms with van der Waals surface area (Å²) in [6.45, 7) is 7.12. The zero-order valence-corrected chi connectivity index (χ0v) is 12.2. The largest absolute Gasteiger partial charge is 0.444 e. The fraction of sp³-hybridized carbons (Fsp3) is 0.867. The van der Waals surface area contributed by atoms with E-state index >= 15 is 0 Å². The maximum Gasteiger partial charge on any atom is 0.410 e. The number of hydrogen-bond acceptors (Lipinski definition) is 3. The first-order valence-electron chi connectivity index (χ1n) is 7.24. The minimum Gasteiger partial charge on any atom is -0.444 e. The highest BCUT2D eigenvalue weighted by Crippen LogP contribution is 2.50. The van der Waals surface area contributed by atoms with Gasteiger partial charge in [-0.2, -0.15) is 5.26 Å². The van der Waals surface area contributed by atoms with Gasteiger partial charge in [0.1, 0.15) is 5.60 Å². The number of amides is 1. The Kier molecular flexibility index (Phi) is 3.75. The molecule has 1 spiro atoms. The van der Waals surface area contributed by atoms with Crippen LogP contribution in [0, 0.1) is 22.7 Å². The topological polar surface area (TPSA) is 53.3 Å². The van der Waals surface area contributed by atoms with Gasteiger partial charge >= 0.3 is 6.09 Å². The summed E-state index contributed by atoms with van der Waals surface area (Å²) >= 11 is 0. The highest BCUT2D eigenvalue weighted by atomic mass is 16.6. The lowest BCUT2D eigenvalue weighted by Crippen LogP contribution is -2.46. The Morgan fingerprint density at radius 1 is 1.32 bits per heavy atom. The molecule has 2 aliphatic rings. The summed E-state index contributed by atoms with van der Waals surface area (Å²) in [7, 11) is 0. The van der Waals surface area contributed by atoms with E-state index in [4.69, 9.17) is 4.74 Å². The number of carbonyl (C=O) groups is 1. The van der Waals surface area contributed by atoms with Crippen molar-refractivity contribution in [3.8, 4) is 6.07 Å². The number of hydrogen-bond donors (Lipinski definition) is 0. The average Bonchev–Trinajstić information content (AvgIpc) is 2.70. The van der Waals surface area contributed by atoms with Crippen molar-refractivity contribution in [2.24, 2.45) is 11.3 Å². The normalized spacial score (nSPS) is 26.2. The van der Waals surface area contributed by atoms with Gasteiger partial charge in [0.15, 0.2) is 0 Å². The standard InChI is InChI=1S/C15H24N2O2/c1-14(2,3)19-13(18)17-9-7-15(8-10-17)6-4-5-12(15)11-16/h12H,4-10H2,1-3H3. The molecule has 1 amide bonds. The summed E-state index contributed by atoms with van der Waals surface area (Å²) in [4.78, 5) is 13.8. The van der Waals surface area contributed by atoms with Crippen molar-refractivity contribution in [2.45, 2.75) is 58.5 Å². The Bertz CT molecular complexity index is 384. The monoisotopic (exact) mass is 264 g/mol. The van der Waals surface area contributed by atoms with E-state index in [2.05, 4.69) is 6.07 Å². The van der Waals surface area contributed by atoms with Gasteiger partial charge < -0.3 is 9.64 Å². The van der Waals surface area contributed by atoms with Crippen LogP contribution in [0.1, 0.15) is 52.9 Å². The predicted octanol–water partition coefficient (Wildman–Crippen LogP) is 3.33. The van der Waals surface area contributed by atoms with Gasteiger partial charge in [-0.15, -0.1) is 0 Å². The molecule has 0 bridgehead atoms. The second-order valence-corrected chi connectivity index (χ2v) is 6.90. The Hall–Kier alpha value is -1.24. The number of nitriles is 1. The van der Waals surface area contributed by atoms with Gasteiger partial charge in [0.25, 0.3) is 0 Å². The zero-order valence-electron chi connectivity index (χ0n) is 12.2. The second kappa shape index (κ2) is 5.03. The van der Waals surface area contributed by atoms with Crippen LogP contribution in [0.25, 0.3) is 0 Å². The molecule has 0 aromatic carbocycles. The van der Waals surface area contributed by atoms with Crippen LogP contribution in [-0.4, -0.2) is 29.7 Å². The zero-order chi connectivity index (χ0) is 14.1. The second-order valence-electron chi connectivity index (χ2n) is 6.90. The number of rotatable bonds is 0. The van der Waals surface area contributed by atoms with Crippen LogP contribution in [0.3, 0.4) is 0 Å². The Labute approximate surface area is 115 Å². The maximum atomic E-state index is 12.0. The molecule has 0 N–H and O–H groups in total. The van der Waals surface area contributed by atoms with Crippen LogP contribution in [0.2, 0.25) is 0 Å². The smallest absolute Gasteiger partial charge is 0.410 e. The highest BCUT2D eigenvalue weighted by molar-refractivity contribution is 5.68. The fourth-order valence-electron chi connectivity index (χ4n) is 3.40. The molecule has 2 rings (SSSR count). The molecule has 1 aliphatic heterocycles. The van der Waals surface area contributed by atoms with Crippen LogP contribution in [0.15, 0.2) is 0 Å². The summed E-state index contributed by atoms with van der Waals surface area (Å²) in [5.74, 6) is 0.188. The van der Waals surface area contributed by atoms with Crippen molar-refractivity contribution in [3.05, 3.63) is 0 Å². The number of nitrogens with zero attached hydrogens (tertiary/aromatic N) is 2. The molecule has 0 aromatic rings. The first kappa shape index (κ1) is 14.2. The summed E-state index contributed by atoms with van der Waals surface area (Å²) in [5.41, 5.74) is -0.262. The van der Waals surface area contributed by atoms with Crippen molar-refractivity contribution in [2.75, 3.05) is 13.1 Å². The molecule has 106 valence electrons. The molecule has 2 fully saturated rings. The number of ether oxygens (including phenoxy) is 1. The van der Waals surface area contributed by atoms with Crippen molar-refractivity contribution in [1.29, 1.82) is 5.26 Å². The minimum atomic E-state index is -0.436. The summed E-state index contributed by atoms with van der Waals surface area (Å²) in [6, 6.07) is 2.47. The molecule has 1 aliphatic carbocycles. The van der Waals surface area contributed by atoms with E-state index in [-0.39, 0.29) is 17.4 Å². The van der Waals surface area contributed by atoms with Gasteiger partial charge in [-0.05, 0) is 51.9 Å². The first-order chi connectivity index (χ1) is 8.86. The third-order valence-corrected chi connectivity index (χ3v) is 4.47. The lowest BCUT2D eigenvalue weighted by Gasteiger charge is -2.41. The molecule has 1 heterocycles. The highest BCUT2D eigenvalue weighted by Gasteiger charge is 2.45. The van der Waals surface area contributed by atoms with Crippen LogP contribution >= 0.6 is 0 Å². The van der Waals surface area contributed by atoms with Gasteiger partial charge in [-0.3, -0.25) is 0 Å². The summed E-state index contributed by atoms with van der Waals surface area (Å²) < 4.78 is 5.40. The number of piperidine rings is 1. The molecular formula is C15H24N2O2. The average molecular weight is 264 g/mol. The Morgan fingerprint density at radius 2 is 1.95 bits per heavy atom. The molecule has 19 heavy (non-hydrogen) atoms. The van der Waals surface area contributed by atoms with Crippen LogP contribution < -0.4 is 0 Å². The third kappa shape index (κ3) is 3.02. The molecule has 4 heteroatoms. The summed E-state index contributed by atoms with van der Waals surface area (Å²) in [6.07, 6.45) is 5.02. The molecular weight excluding hydrogens is 240 g/mol. The summed E-state index contributed by atoms with van der Waals surface area (Å²) in [5, 5.41) is 9.26. The van der Waals surface area contributed by atoms with Gasteiger partial charge in [0, 0.05) is 13.1 Å². The quantitative estimate of drug-likeness (QED) is 0.674. The fourth-order valence-corrected chi connectivity index (χ4v) is 3.40. The minimum absolute atomic E-state index is 0.174. The third-order valence-electron chi connectivity index (χ3n) is 4.47. The van der Waals surface area contributed by atoms with E-state index in [1.165, 1.54) is 0 Å². The van der Waals surface area contributed by atoms with Gasteiger partial charge in [-0.1, -0.05) is 6.42 Å². The van der Waals surface area contributed by atoms with Crippen LogP contribution in [0.4, 0.5) is 4.79 Å². The van der Waals surface area contributed by atoms with E-state index in [1.54, 1.807) is 4.90 Å². The molecule has 1 saturated carbocycles. The van der Waals surface area contributed by atoms with Crippen LogP contribution in [0.5, 0.6) is 0 Å². The van der Waals surface area contributed by atoms with Crippen molar-refractivity contribution in [3.63, 3.8) is 0 Å². The number of carbonyl (C=O) groups excluding carboxylic acids is 1. The van der Waals surface area contributed by atoms with Gasteiger partial charge in [0.05, 0.1) is 12.0 Å². The Morgan fingerprint density at radius 3 is 2.47 bits per heavy atom. The molecule has 1 atom stereocenters. The van der Waals surface area contributed by atoms with E-state index < -0.39 is 5.60 Å². The lowest BCUT2D eigenvalue weighted by atomic mass is 9.71. The van der Waals surface area contributed by atoms with Crippen molar-refractivity contribution >= 4 is 6.09 Å². The van der Waals surface area contributed by atoms with Gasteiger partial charge in [-0.25, -0.2) is 4.79 Å². The van der Waals surface area contributed by atoms with E-state index in [1.807, 2.05) is 20.8 Å². The lowest BCUT2D eigenvalue weighted by molar-refractivity contribution is 0.00747. The molecule has 0 radical (unpaired) electrons. The van der Waals surface area contributed by atoms with Crippen molar-refractivity contribution in [1.82, 2.24) is 4.90 Å². The predicted molar refractivity (Wildman–Crippen MR) is 72.4 cm³/mol. The van der Waals surface area contributed by atoms with E-state index in [0.29, 0.717) is 0 Å². The first-order valence-corrected chi connectivity index (χ1v) is 7.24. The van der Waals surface area contributed by atoms with Crippen LogP contribution in [-0.2, 0) is 4.74 Å². The molecule has 1 saturated heterocycles. The van der Waals surface area contributed by atoms with E-state index in [9.17, 15) is 10.1 Å². The molecule has 1 unspecified atom stereocenters. The number of likely N-dealkylation sites (tertiary alicyclic amines) is 1. The van der Waals surface area contributed by atoms with Crippen molar-refractivity contribution < 1.29 is 9.53 Å². The van der Waals surface area contributed by atoms with E-state index in [0.717, 1.165) is 45.2 Å². The maximum absolute atomic E-state index is 12.0. The SMILES string of the molecule is CC(C)(C)OC(=O)N1CCC2(CCCC2C#N)CC1. The Balaban J connectivity index is 1.93. The van der Waals surface area contributed by atoms with Gasteiger partial charge in [0.2, 0.25) is 0 Å².